The molecule has 11 nitrogen and oxygen atoms in total. The molecule has 3 amide bonds. The first-order valence-corrected chi connectivity index (χ1v) is 13.5. The van der Waals surface area contributed by atoms with Crippen molar-refractivity contribution in [1.29, 1.82) is 0 Å². The van der Waals surface area contributed by atoms with Crippen molar-refractivity contribution < 1.29 is 14.3 Å². The van der Waals surface area contributed by atoms with Gasteiger partial charge in [-0.2, -0.15) is 5.10 Å². The molecule has 2 aliphatic heterocycles. The SMILES string of the molecule is CCNC(=O)Nc1ccc(-c2nc(N3CCOCC3)c3cnn(C4CCN(C(=O)C(C)C)CC4)c3n2)cc1. The lowest BCUT2D eigenvalue weighted by atomic mass is 10.0. The van der Waals surface area contributed by atoms with E-state index in [9.17, 15) is 9.59 Å². The average Bonchev–Trinajstić information content (AvgIpc) is 3.37. The summed E-state index contributed by atoms with van der Waals surface area (Å²) < 4.78 is 7.60. The number of likely N-dealkylation sites (tertiary alicyclic amines) is 1. The Bertz CT molecular complexity index is 1280. The standard InChI is InChI=1S/C27H36N8O3/c1-4-28-27(37)30-20-7-5-19(6-8-20)23-31-24(33-13-15-38-16-14-33)22-17-29-35(25(22)32-23)21-9-11-34(12-10-21)26(36)18(2)3/h5-8,17-18,21H,4,9-16H2,1-3H3,(H2,28,30,37). The Morgan fingerprint density at radius 1 is 1.05 bits per heavy atom. The largest absolute Gasteiger partial charge is 0.378 e. The molecular weight excluding hydrogens is 484 g/mol. The summed E-state index contributed by atoms with van der Waals surface area (Å²) in [6.07, 6.45) is 3.54. The number of fused-ring (bicyclic) bond motifs is 1. The maximum atomic E-state index is 12.5. The first-order chi connectivity index (χ1) is 18.4. The number of morpholine rings is 1. The van der Waals surface area contributed by atoms with Gasteiger partial charge in [-0.25, -0.2) is 19.4 Å². The number of carbonyl (C=O) groups excluding carboxylic acids is 2. The Balaban J connectivity index is 1.47. The zero-order valence-electron chi connectivity index (χ0n) is 22.3. The molecule has 0 aliphatic carbocycles. The molecule has 11 heteroatoms. The van der Waals surface area contributed by atoms with E-state index in [0.717, 1.165) is 61.4 Å². The highest BCUT2D eigenvalue weighted by molar-refractivity contribution is 5.90. The topological polar surface area (TPSA) is 118 Å². The number of nitrogens with one attached hydrogen (secondary N) is 2. The summed E-state index contributed by atoms with van der Waals surface area (Å²) in [5.41, 5.74) is 2.35. The van der Waals surface area contributed by atoms with Crippen LogP contribution in [0, 0.1) is 5.92 Å². The maximum Gasteiger partial charge on any atom is 0.319 e. The van der Waals surface area contributed by atoms with Crippen LogP contribution in [-0.4, -0.2) is 82.5 Å². The summed E-state index contributed by atoms with van der Waals surface area (Å²) in [4.78, 5) is 38.5. The Hall–Kier alpha value is -3.73. The lowest BCUT2D eigenvalue weighted by Crippen LogP contribution is -2.41. The number of urea groups is 1. The Labute approximate surface area is 222 Å². The number of ether oxygens (including phenoxy) is 1. The fraction of sp³-hybridized carbons (Fsp3) is 0.519. The molecule has 38 heavy (non-hydrogen) atoms. The number of nitrogens with zero attached hydrogens (tertiary/aromatic N) is 6. The van der Waals surface area contributed by atoms with Crippen LogP contribution < -0.4 is 15.5 Å². The predicted molar refractivity (Wildman–Crippen MR) is 146 cm³/mol. The maximum absolute atomic E-state index is 12.5. The van der Waals surface area contributed by atoms with Crippen LogP contribution in [0.25, 0.3) is 22.4 Å². The third kappa shape index (κ3) is 5.42. The Kier molecular flexibility index (Phi) is 7.73. The van der Waals surface area contributed by atoms with Gasteiger partial charge < -0.3 is 25.2 Å². The Morgan fingerprint density at radius 3 is 2.42 bits per heavy atom. The molecule has 0 atom stereocenters. The van der Waals surface area contributed by atoms with E-state index in [1.807, 2.05) is 60.8 Å². The van der Waals surface area contributed by atoms with Crippen molar-refractivity contribution >= 4 is 34.5 Å². The number of rotatable bonds is 6. The van der Waals surface area contributed by atoms with E-state index in [1.54, 1.807) is 0 Å². The monoisotopic (exact) mass is 520 g/mol. The van der Waals surface area contributed by atoms with Crippen molar-refractivity contribution in [3.05, 3.63) is 30.5 Å². The normalized spacial score (nSPS) is 16.7. The minimum Gasteiger partial charge on any atom is -0.378 e. The second kappa shape index (κ2) is 11.3. The van der Waals surface area contributed by atoms with E-state index in [-0.39, 0.29) is 23.9 Å². The van der Waals surface area contributed by atoms with Gasteiger partial charge in [-0.1, -0.05) is 13.8 Å². The summed E-state index contributed by atoms with van der Waals surface area (Å²) in [5.74, 6) is 1.68. The molecule has 0 spiro atoms. The lowest BCUT2D eigenvalue weighted by molar-refractivity contribution is -0.135. The number of hydrogen-bond donors (Lipinski definition) is 2. The second-order valence-corrected chi connectivity index (χ2v) is 10.1. The highest BCUT2D eigenvalue weighted by Crippen LogP contribution is 2.32. The molecule has 202 valence electrons. The van der Waals surface area contributed by atoms with Crippen LogP contribution in [0.2, 0.25) is 0 Å². The number of anilines is 2. The summed E-state index contributed by atoms with van der Waals surface area (Å²) in [6, 6.07) is 7.46. The van der Waals surface area contributed by atoms with E-state index in [4.69, 9.17) is 19.8 Å². The third-order valence-corrected chi connectivity index (χ3v) is 7.10. The molecule has 0 unspecified atom stereocenters. The van der Waals surface area contributed by atoms with E-state index in [1.165, 1.54) is 0 Å². The second-order valence-electron chi connectivity index (χ2n) is 10.1. The van der Waals surface area contributed by atoms with Gasteiger partial charge in [-0.15, -0.1) is 0 Å². The zero-order chi connectivity index (χ0) is 26.6. The van der Waals surface area contributed by atoms with Crippen molar-refractivity contribution in [3.63, 3.8) is 0 Å². The van der Waals surface area contributed by atoms with Crippen LogP contribution in [0.15, 0.2) is 30.5 Å². The molecule has 2 saturated heterocycles. The fourth-order valence-corrected chi connectivity index (χ4v) is 5.06. The van der Waals surface area contributed by atoms with E-state index in [0.29, 0.717) is 31.3 Å². The van der Waals surface area contributed by atoms with Crippen molar-refractivity contribution in [3.8, 4) is 11.4 Å². The summed E-state index contributed by atoms with van der Waals surface area (Å²) >= 11 is 0. The molecule has 2 aliphatic rings. The highest BCUT2D eigenvalue weighted by Gasteiger charge is 2.28. The van der Waals surface area contributed by atoms with Gasteiger partial charge in [0.25, 0.3) is 0 Å². The van der Waals surface area contributed by atoms with E-state index >= 15 is 0 Å². The minimum absolute atomic E-state index is 0.00563. The van der Waals surface area contributed by atoms with Crippen LogP contribution in [0.4, 0.5) is 16.3 Å². The number of piperidine rings is 1. The van der Waals surface area contributed by atoms with Gasteiger partial charge in [0.2, 0.25) is 5.91 Å². The van der Waals surface area contributed by atoms with Gasteiger partial charge in [-0.05, 0) is 44.0 Å². The number of amides is 3. The van der Waals surface area contributed by atoms with Crippen LogP contribution in [0.1, 0.15) is 39.7 Å². The molecule has 5 rings (SSSR count). The van der Waals surface area contributed by atoms with Crippen LogP contribution in [-0.2, 0) is 9.53 Å². The molecule has 1 aromatic carbocycles. The molecule has 2 fully saturated rings. The van der Waals surface area contributed by atoms with Gasteiger partial charge in [-0.3, -0.25) is 4.79 Å². The van der Waals surface area contributed by atoms with Crippen molar-refractivity contribution in [1.82, 2.24) is 30.0 Å². The molecule has 0 bridgehead atoms. The molecular formula is C27H36N8O3. The zero-order valence-corrected chi connectivity index (χ0v) is 22.3. The fourth-order valence-electron chi connectivity index (χ4n) is 5.06. The predicted octanol–water partition coefficient (Wildman–Crippen LogP) is 3.29. The van der Waals surface area contributed by atoms with Crippen LogP contribution in [0.5, 0.6) is 0 Å². The quantitative estimate of drug-likeness (QED) is 0.512. The third-order valence-electron chi connectivity index (χ3n) is 7.10. The molecule has 0 radical (unpaired) electrons. The van der Waals surface area contributed by atoms with Crippen molar-refractivity contribution in [2.24, 2.45) is 5.92 Å². The molecule has 0 saturated carbocycles. The molecule has 2 N–H and O–H groups in total. The number of aromatic nitrogens is 4. The smallest absolute Gasteiger partial charge is 0.319 e. The first-order valence-electron chi connectivity index (χ1n) is 13.5. The van der Waals surface area contributed by atoms with Crippen LogP contribution >= 0.6 is 0 Å². The highest BCUT2D eigenvalue weighted by atomic mass is 16.5. The van der Waals surface area contributed by atoms with E-state index < -0.39 is 0 Å². The average molecular weight is 521 g/mol. The molecule has 2 aromatic heterocycles. The van der Waals surface area contributed by atoms with Crippen LogP contribution in [0.3, 0.4) is 0 Å². The lowest BCUT2D eigenvalue weighted by Gasteiger charge is -2.33. The molecule has 4 heterocycles. The minimum atomic E-state index is -0.238. The summed E-state index contributed by atoms with van der Waals surface area (Å²) in [7, 11) is 0. The number of carbonyl (C=O) groups is 2. The van der Waals surface area contributed by atoms with Gasteiger partial charge in [0.1, 0.15) is 5.82 Å². The van der Waals surface area contributed by atoms with E-state index in [2.05, 4.69) is 15.5 Å². The van der Waals surface area contributed by atoms with Gasteiger partial charge in [0.15, 0.2) is 11.5 Å². The number of hydrogen-bond acceptors (Lipinski definition) is 7. The van der Waals surface area contributed by atoms with Gasteiger partial charge in [0.05, 0.1) is 30.8 Å². The summed E-state index contributed by atoms with van der Waals surface area (Å²) in [5, 5.41) is 11.3. The number of benzene rings is 1. The van der Waals surface area contributed by atoms with Crippen molar-refractivity contribution in [2.75, 3.05) is 56.2 Å². The Morgan fingerprint density at radius 2 is 1.76 bits per heavy atom. The van der Waals surface area contributed by atoms with Gasteiger partial charge in [0, 0.05) is 49.9 Å². The summed E-state index contributed by atoms with van der Waals surface area (Å²) in [6.45, 7) is 10.6. The van der Waals surface area contributed by atoms with Crippen molar-refractivity contribution in [2.45, 2.75) is 39.7 Å². The molecule has 3 aromatic rings. The first kappa shape index (κ1) is 25.9. The van der Waals surface area contributed by atoms with Gasteiger partial charge >= 0.3 is 6.03 Å².